The summed E-state index contributed by atoms with van der Waals surface area (Å²) < 4.78 is 21.6. The van der Waals surface area contributed by atoms with Crippen molar-refractivity contribution in [2.24, 2.45) is 0 Å². The molecule has 2 aromatic rings. The Hall–Kier alpha value is -2.08. The van der Waals surface area contributed by atoms with Gasteiger partial charge in [0.05, 0.1) is 27.4 Å². The summed E-state index contributed by atoms with van der Waals surface area (Å²) in [6.45, 7) is 2.89. The molecule has 0 aliphatic carbocycles. The highest BCUT2D eigenvalue weighted by molar-refractivity contribution is 5.42. The lowest BCUT2D eigenvalue weighted by Gasteiger charge is -2.11. The molecular weight excluding hydrogens is 306 g/mol. The standard InChI is InChI=1S/C19H23NO4/c1-21-17-8-5-15(11-18(17)22-2)13-20-12-14-3-6-16(7-4-14)19-23-9-10-24-19/h3-8,11,19-20H,9-10,12-13H2,1-2H3. The van der Waals surface area contributed by atoms with E-state index in [1.54, 1.807) is 14.2 Å². The molecule has 128 valence electrons. The van der Waals surface area contributed by atoms with Crippen LogP contribution in [0.5, 0.6) is 11.5 Å². The van der Waals surface area contributed by atoms with E-state index >= 15 is 0 Å². The molecule has 1 aliphatic heterocycles. The minimum Gasteiger partial charge on any atom is -0.493 e. The molecule has 3 rings (SSSR count). The fourth-order valence-corrected chi connectivity index (χ4v) is 2.69. The Morgan fingerprint density at radius 2 is 1.50 bits per heavy atom. The Morgan fingerprint density at radius 1 is 0.875 bits per heavy atom. The Bertz CT molecular complexity index is 651. The number of methoxy groups -OCH3 is 2. The van der Waals surface area contributed by atoms with Gasteiger partial charge in [0.25, 0.3) is 0 Å². The highest BCUT2D eigenvalue weighted by atomic mass is 16.7. The average molecular weight is 329 g/mol. The van der Waals surface area contributed by atoms with Crippen molar-refractivity contribution in [3.05, 3.63) is 59.2 Å². The number of benzene rings is 2. The van der Waals surface area contributed by atoms with Gasteiger partial charge in [0.2, 0.25) is 0 Å². The Morgan fingerprint density at radius 3 is 2.17 bits per heavy atom. The van der Waals surface area contributed by atoms with Gasteiger partial charge in [-0.2, -0.15) is 0 Å². The van der Waals surface area contributed by atoms with Gasteiger partial charge in [-0.05, 0) is 23.3 Å². The fourth-order valence-electron chi connectivity index (χ4n) is 2.69. The van der Waals surface area contributed by atoms with Gasteiger partial charge in [-0.3, -0.25) is 0 Å². The van der Waals surface area contributed by atoms with Crippen molar-refractivity contribution in [2.45, 2.75) is 19.4 Å². The van der Waals surface area contributed by atoms with Crippen LogP contribution in [0, 0.1) is 0 Å². The molecule has 1 heterocycles. The molecule has 1 fully saturated rings. The van der Waals surface area contributed by atoms with Crippen molar-refractivity contribution in [1.29, 1.82) is 0 Å². The third kappa shape index (κ3) is 4.06. The van der Waals surface area contributed by atoms with Crippen LogP contribution in [0.3, 0.4) is 0 Å². The van der Waals surface area contributed by atoms with E-state index in [1.807, 2.05) is 18.2 Å². The van der Waals surface area contributed by atoms with E-state index in [4.69, 9.17) is 18.9 Å². The SMILES string of the molecule is COc1ccc(CNCc2ccc(C3OCCO3)cc2)cc1OC. The van der Waals surface area contributed by atoms with Crippen LogP contribution in [0.2, 0.25) is 0 Å². The van der Waals surface area contributed by atoms with Gasteiger partial charge in [-0.1, -0.05) is 30.3 Å². The van der Waals surface area contributed by atoms with Crippen LogP contribution >= 0.6 is 0 Å². The lowest BCUT2D eigenvalue weighted by Crippen LogP contribution is -2.13. The van der Waals surface area contributed by atoms with Gasteiger partial charge in [0.1, 0.15) is 0 Å². The predicted octanol–water partition coefficient (Wildman–Crippen LogP) is 3.04. The molecule has 1 N–H and O–H groups in total. The maximum absolute atomic E-state index is 5.50. The summed E-state index contributed by atoms with van der Waals surface area (Å²) in [5, 5.41) is 3.44. The molecule has 1 saturated heterocycles. The maximum atomic E-state index is 5.50. The summed E-state index contributed by atoms with van der Waals surface area (Å²) in [6.07, 6.45) is -0.209. The molecule has 0 spiro atoms. The Balaban J connectivity index is 1.52. The first-order valence-corrected chi connectivity index (χ1v) is 8.04. The molecule has 1 aliphatic rings. The van der Waals surface area contributed by atoms with E-state index in [1.165, 1.54) is 5.56 Å². The van der Waals surface area contributed by atoms with E-state index in [2.05, 4.69) is 29.6 Å². The predicted molar refractivity (Wildman–Crippen MR) is 91.2 cm³/mol. The first-order valence-electron chi connectivity index (χ1n) is 8.04. The first-order chi connectivity index (χ1) is 11.8. The Kier molecular flexibility index (Phi) is 5.69. The van der Waals surface area contributed by atoms with Gasteiger partial charge >= 0.3 is 0 Å². The van der Waals surface area contributed by atoms with E-state index in [0.717, 1.165) is 35.7 Å². The average Bonchev–Trinajstić information content (AvgIpc) is 3.17. The lowest BCUT2D eigenvalue weighted by molar-refractivity contribution is -0.0441. The molecule has 0 atom stereocenters. The molecule has 0 aromatic heterocycles. The number of hydrogen-bond donors (Lipinski definition) is 1. The summed E-state index contributed by atoms with van der Waals surface area (Å²) in [6, 6.07) is 14.3. The van der Waals surface area contributed by atoms with Gasteiger partial charge in [0, 0.05) is 18.7 Å². The summed E-state index contributed by atoms with van der Waals surface area (Å²) >= 11 is 0. The quantitative estimate of drug-likeness (QED) is 0.846. The van der Waals surface area contributed by atoms with Crippen LogP contribution in [0.25, 0.3) is 0 Å². The summed E-state index contributed by atoms with van der Waals surface area (Å²) in [7, 11) is 3.29. The highest BCUT2D eigenvalue weighted by Crippen LogP contribution is 2.27. The van der Waals surface area contributed by atoms with E-state index in [0.29, 0.717) is 13.2 Å². The zero-order valence-corrected chi connectivity index (χ0v) is 14.1. The monoisotopic (exact) mass is 329 g/mol. The molecule has 0 bridgehead atoms. The summed E-state index contributed by atoms with van der Waals surface area (Å²) in [4.78, 5) is 0. The van der Waals surface area contributed by atoms with Crippen LogP contribution in [-0.4, -0.2) is 27.4 Å². The topological polar surface area (TPSA) is 49.0 Å². The van der Waals surface area contributed by atoms with Crippen molar-refractivity contribution >= 4 is 0 Å². The molecular formula is C19H23NO4. The molecule has 24 heavy (non-hydrogen) atoms. The van der Waals surface area contributed by atoms with Crippen molar-refractivity contribution in [1.82, 2.24) is 5.32 Å². The number of nitrogens with one attached hydrogen (secondary N) is 1. The zero-order valence-electron chi connectivity index (χ0n) is 14.1. The van der Waals surface area contributed by atoms with Crippen LogP contribution in [0.4, 0.5) is 0 Å². The van der Waals surface area contributed by atoms with E-state index in [-0.39, 0.29) is 6.29 Å². The first kappa shape index (κ1) is 16.8. The second kappa shape index (κ2) is 8.15. The van der Waals surface area contributed by atoms with Gasteiger partial charge in [0.15, 0.2) is 17.8 Å². The van der Waals surface area contributed by atoms with Gasteiger partial charge < -0.3 is 24.3 Å². The molecule has 5 heteroatoms. The van der Waals surface area contributed by atoms with Crippen LogP contribution in [-0.2, 0) is 22.6 Å². The molecule has 0 saturated carbocycles. The molecule has 0 radical (unpaired) electrons. The largest absolute Gasteiger partial charge is 0.493 e. The molecule has 5 nitrogen and oxygen atoms in total. The van der Waals surface area contributed by atoms with Crippen molar-refractivity contribution in [3.63, 3.8) is 0 Å². The van der Waals surface area contributed by atoms with E-state index in [9.17, 15) is 0 Å². The summed E-state index contributed by atoms with van der Waals surface area (Å²) in [5.41, 5.74) is 3.44. The third-order valence-electron chi connectivity index (χ3n) is 3.98. The smallest absolute Gasteiger partial charge is 0.184 e. The molecule has 0 unspecified atom stereocenters. The van der Waals surface area contributed by atoms with Crippen LogP contribution in [0.15, 0.2) is 42.5 Å². The lowest BCUT2D eigenvalue weighted by atomic mass is 10.1. The second-order valence-corrected chi connectivity index (χ2v) is 5.61. The van der Waals surface area contributed by atoms with Crippen LogP contribution < -0.4 is 14.8 Å². The van der Waals surface area contributed by atoms with Crippen LogP contribution in [0.1, 0.15) is 23.0 Å². The second-order valence-electron chi connectivity index (χ2n) is 5.61. The summed E-state index contributed by atoms with van der Waals surface area (Å²) in [5.74, 6) is 1.49. The zero-order chi connectivity index (χ0) is 16.8. The van der Waals surface area contributed by atoms with Crippen molar-refractivity contribution in [2.75, 3.05) is 27.4 Å². The molecule has 0 amide bonds. The van der Waals surface area contributed by atoms with Crippen molar-refractivity contribution in [3.8, 4) is 11.5 Å². The minimum absolute atomic E-state index is 0.209. The van der Waals surface area contributed by atoms with E-state index < -0.39 is 0 Å². The fraction of sp³-hybridized carbons (Fsp3) is 0.368. The number of rotatable bonds is 7. The van der Waals surface area contributed by atoms with Gasteiger partial charge in [-0.15, -0.1) is 0 Å². The molecule has 2 aromatic carbocycles. The number of hydrogen-bond acceptors (Lipinski definition) is 5. The minimum atomic E-state index is -0.209. The Labute approximate surface area is 142 Å². The highest BCUT2D eigenvalue weighted by Gasteiger charge is 2.17. The number of ether oxygens (including phenoxy) is 4. The maximum Gasteiger partial charge on any atom is 0.184 e. The third-order valence-corrected chi connectivity index (χ3v) is 3.98. The van der Waals surface area contributed by atoms with Gasteiger partial charge in [-0.25, -0.2) is 0 Å². The van der Waals surface area contributed by atoms with Crippen molar-refractivity contribution < 1.29 is 18.9 Å². The normalized spacial score (nSPS) is 14.8.